The van der Waals surface area contributed by atoms with E-state index in [2.05, 4.69) is 41.2 Å². The first kappa shape index (κ1) is 11.5. The number of hydrogen-bond donors (Lipinski definition) is 1. The fourth-order valence-electron chi connectivity index (χ4n) is 1.64. The van der Waals surface area contributed by atoms with E-state index in [-0.39, 0.29) is 0 Å². The van der Waals surface area contributed by atoms with Gasteiger partial charge in [0.05, 0.1) is 0 Å². The van der Waals surface area contributed by atoms with E-state index in [1.807, 2.05) is 11.4 Å². The smallest absolute Gasteiger partial charge is 0.222 e. The monoisotopic (exact) mass is 273 g/mol. The van der Waals surface area contributed by atoms with Crippen LogP contribution in [-0.2, 0) is 0 Å². The lowest BCUT2D eigenvalue weighted by Gasteiger charge is -2.03. The summed E-state index contributed by atoms with van der Waals surface area (Å²) in [6.07, 6.45) is 0. The van der Waals surface area contributed by atoms with Gasteiger partial charge in [-0.25, -0.2) is 9.97 Å². The molecule has 2 heterocycles. The molecule has 90 valence electrons. The Balaban J connectivity index is 2.03. The molecule has 0 amide bonds. The molecule has 3 nitrogen and oxygen atoms in total. The number of aromatic nitrogens is 2. The maximum absolute atomic E-state index is 5.73. The van der Waals surface area contributed by atoms with Crippen LogP contribution < -0.4 is 5.73 Å². The number of anilines is 1. The summed E-state index contributed by atoms with van der Waals surface area (Å²) >= 11 is 3.20. The average Bonchev–Trinajstić information content (AvgIpc) is 2.80. The number of rotatable bonds is 2. The molecular formula is C13H11N3S2. The molecule has 0 radical (unpaired) electrons. The minimum absolute atomic E-state index is 0.333. The van der Waals surface area contributed by atoms with E-state index < -0.39 is 0 Å². The summed E-state index contributed by atoms with van der Waals surface area (Å²) in [6.45, 7) is 2.08. The van der Waals surface area contributed by atoms with Crippen LogP contribution in [0.5, 0.6) is 0 Å². The van der Waals surface area contributed by atoms with Crippen LogP contribution in [0.2, 0.25) is 0 Å². The van der Waals surface area contributed by atoms with E-state index in [0.29, 0.717) is 5.95 Å². The Kier molecular flexibility index (Phi) is 2.93. The Morgan fingerprint density at radius 1 is 1.11 bits per heavy atom. The van der Waals surface area contributed by atoms with Crippen LogP contribution >= 0.6 is 23.1 Å². The van der Waals surface area contributed by atoms with Crippen molar-refractivity contribution in [3.05, 3.63) is 41.3 Å². The molecule has 0 spiro atoms. The van der Waals surface area contributed by atoms with Crippen molar-refractivity contribution in [2.75, 3.05) is 5.73 Å². The van der Waals surface area contributed by atoms with Crippen LogP contribution in [0.3, 0.4) is 0 Å². The predicted molar refractivity (Wildman–Crippen MR) is 77.1 cm³/mol. The second-order valence-corrected chi connectivity index (χ2v) is 5.90. The molecule has 3 aromatic rings. The number of nitrogen functional groups attached to an aromatic ring is 1. The van der Waals surface area contributed by atoms with Crippen LogP contribution in [0.4, 0.5) is 5.95 Å². The number of hydrogen-bond acceptors (Lipinski definition) is 5. The molecule has 0 bridgehead atoms. The third-order valence-electron chi connectivity index (χ3n) is 2.54. The first-order valence-electron chi connectivity index (χ1n) is 5.47. The molecule has 3 rings (SSSR count). The Morgan fingerprint density at radius 2 is 1.89 bits per heavy atom. The summed E-state index contributed by atoms with van der Waals surface area (Å²) in [6, 6.07) is 10.4. The summed E-state index contributed by atoms with van der Waals surface area (Å²) in [5, 5.41) is 4.00. The highest BCUT2D eigenvalue weighted by molar-refractivity contribution is 7.99. The van der Waals surface area contributed by atoms with Gasteiger partial charge in [0.1, 0.15) is 9.86 Å². The van der Waals surface area contributed by atoms with Crippen molar-refractivity contribution in [3.8, 4) is 0 Å². The number of thiophene rings is 1. The Morgan fingerprint density at radius 3 is 2.67 bits per heavy atom. The van der Waals surface area contributed by atoms with E-state index >= 15 is 0 Å². The molecule has 0 aliphatic heterocycles. The largest absolute Gasteiger partial charge is 0.368 e. The molecule has 1 aromatic carbocycles. The minimum atomic E-state index is 0.333. The van der Waals surface area contributed by atoms with Crippen molar-refractivity contribution < 1.29 is 0 Å². The van der Waals surface area contributed by atoms with Crippen LogP contribution in [0.25, 0.3) is 10.2 Å². The van der Waals surface area contributed by atoms with Gasteiger partial charge in [-0.15, -0.1) is 11.3 Å². The first-order chi connectivity index (χ1) is 8.72. The third-order valence-corrected chi connectivity index (χ3v) is 4.36. The van der Waals surface area contributed by atoms with Gasteiger partial charge in [-0.3, -0.25) is 0 Å². The number of fused-ring (bicyclic) bond motifs is 1. The summed E-state index contributed by atoms with van der Waals surface area (Å²) in [5.41, 5.74) is 6.98. The van der Waals surface area contributed by atoms with Crippen LogP contribution in [-0.4, -0.2) is 9.97 Å². The van der Waals surface area contributed by atoms with E-state index in [1.165, 1.54) is 5.56 Å². The predicted octanol–water partition coefficient (Wildman–Crippen LogP) is 3.73. The summed E-state index contributed by atoms with van der Waals surface area (Å²) < 4.78 is 0. The maximum atomic E-state index is 5.73. The van der Waals surface area contributed by atoms with Crippen molar-refractivity contribution in [2.45, 2.75) is 16.8 Å². The normalized spacial score (nSPS) is 10.9. The topological polar surface area (TPSA) is 51.8 Å². The van der Waals surface area contributed by atoms with Crippen molar-refractivity contribution in [1.29, 1.82) is 0 Å². The molecule has 0 aliphatic carbocycles. The van der Waals surface area contributed by atoms with Crippen LogP contribution in [0, 0.1) is 6.92 Å². The lowest BCUT2D eigenvalue weighted by molar-refractivity contribution is 1.12. The maximum Gasteiger partial charge on any atom is 0.222 e. The van der Waals surface area contributed by atoms with Gasteiger partial charge < -0.3 is 5.73 Å². The number of benzene rings is 1. The quantitative estimate of drug-likeness (QED) is 0.723. The van der Waals surface area contributed by atoms with Gasteiger partial charge in [-0.1, -0.05) is 29.5 Å². The lowest BCUT2D eigenvalue weighted by atomic mass is 10.2. The first-order valence-corrected chi connectivity index (χ1v) is 7.17. The van der Waals surface area contributed by atoms with E-state index in [1.54, 1.807) is 23.1 Å². The fourth-order valence-corrected chi connectivity index (χ4v) is 3.38. The molecule has 0 unspecified atom stereocenters. The molecule has 18 heavy (non-hydrogen) atoms. The standard InChI is InChI=1S/C13H11N3S2/c1-8-2-4-9(5-3-8)18-12-10-6-7-17-11(10)15-13(14)16-12/h2-7H,1H3,(H2,14,15,16). The van der Waals surface area contributed by atoms with Gasteiger partial charge in [0, 0.05) is 10.3 Å². The number of nitrogens with two attached hydrogens (primary N) is 1. The van der Waals surface area contributed by atoms with Gasteiger partial charge in [0.15, 0.2) is 0 Å². The highest BCUT2D eigenvalue weighted by Gasteiger charge is 2.08. The molecule has 5 heteroatoms. The lowest BCUT2D eigenvalue weighted by Crippen LogP contribution is -1.95. The summed E-state index contributed by atoms with van der Waals surface area (Å²) in [5.74, 6) is 0.333. The molecule has 2 N–H and O–H groups in total. The van der Waals surface area contributed by atoms with E-state index in [0.717, 1.165) is 20.1 Å². The minimum Gasteiger partial charge on any atom is -0.368 e. The van der Waals surface area contributed by atoms with Crippen molar-refractivity contribution in [2.24, 2.45) is 0 Å². The summed E-state index contributed by atoms with van der Waals surface area (Å²) in [4.78, 5) is 10.7. The molecule has 0 aliphatic rings. The average molecular weight is 273 g/mol. The highest BCUT2D eigenvalue weighted by Crippen LogP contribution is 2.33. The molecule has 0 saturated carbocycles. The van der Waals surface area contributed by atoms with Crippen molar-refractivity contribution >= 4 is 39.3 Å². The number of aryl methyl sites for hydroxylation is 1. The molecule has 0 fully saturated rings. The molecule has 2 aromatic heterocycles. The third kappa shape index (κ3) is 2.19. The number of nitrogens with zero attached hydrogens (tertiary/aromatic N) is 2. The highest BCUT2D eigenvalue weighted by atomic mass is 32.2. The van der Waals surface area contributed by atoms with Crippen LogP contribution in [0.15, 0.2) is 45.6 Å². The van der Waals surface area contributed by atoms with Crippen molar-refractivity contribution in [3.63, 3.8) is 0 Å². The second-order valence-electron chi connectivity index (χ2n) is 3.94. The van der Waals surface area contributed by atoms with Gasteiger partial charge in [0.2, 0.25) is 5.95 Å². The molecule has 0 atom stereocenters. The Labute approximate surface area is 113 Å². The van der Waals surface area contributed by atoms with Crippen molar-refractivity contribution in [1.82, 2.24) is 9.97 Å². The van der Waals surface area contributed by atoms with E-state index in [4.69, 9.17) is 5.73 Å². The van der Waals surface area contributed by atoms with Gasteiger partial charge in [-0.2, -0.15) is 0 Å². The zero-order valence-electron chi connectivity index (χ0n) is 9.75. The second kappa shape index (κ2) is 4.59. The molecular weight excluding hydrogens is 262 g/mol. The Bertz CT molecular complexity index is 689. The van der Waals surface area contributed by atoms with Crippen LogP contribution in [0.1, 0.15) is 5.56 Å². The van der Waals surface area contributed by atoms with Gasteiger partial charge in [0.25, 0.3) is 0 Å². The SMILES string of the molecule is Cc1ccc(Sc2nc(N)nc3sccc23)cc1. The van der Waals surface area contributed by atoms with Gasteiger partial charge in [-0.05, 0) is 30.5 Å². The van der Waals surface area contributed by atoms with E-state index in [9.17, 15) is 0 Å². The Hall–Kier alpha value is -1.59. The summed E-state index contributed by atoms with van der Waals surface area (Å²) in [7, 11) is 0. The van der Waals surface area contributed by atoms with Gasteiger partial charge >= 0.3 is 0 Å². The fraction of sp³-hybridized carbons (Fsp3) is 0.0769. The molecule has 0 saturated heterocycles. The zero-order valence-corrected chi connectivity index (χ0v) is 11.4. The zero-order chi connectivity index (χ0) is 12.5.